The summed E-state index contributed by atoms with van der Waals surface area (Å²) in [6.07, 6.45) is 0. The van der Waals surface area contributed by atoms with E-state index in [0.29, 0.717) is 11.8 Å². The van der Waals surface area contributed by atoms with Gasteiger partial charge in [0.15, 0.2) is 0 Å². The Morgan fingerprint density at radius 3 is 2.42 bits per heavy atom. The molecule has 0 aliphatic heterocycles. The Morgan fingerprint density at radius 1 is 1.25 bits per heavy atom. The third kappa shape index (κ3) is 2.36. The molecule has 66 valence electrons. The van der Waals surface area contributed by atoms with Gasteiger partial charge in [0.1, 0.15) is 5.82 Å². The summed E-state index contributed by atoms with van der Waals surface area (Å²) in [4.78, 5) is 0. The number of rotatable bonds is 3. The van der Waals surface area contributed by atoms with Crippen LogP contribution in [0.2, 0.25) is 0 Å². The average molecular weight is 207 g/mol. The molecule has 0 spiro atoms. The van der Waals surface area contributed by atoms with Crippen LogP contribution in [0.1, 0.15) is 11.5 Å². The standard InChI is InChI=1S/C9H9Cl2F/c10-5-8(6-11)7-2-1-3-9(12)4-7/h1-4,8H,5-6H2. The minimum absolute atomic E-state index is 0.0454. The maximum absolute atomic E-state index is 12.7. The van der Waals surface area contributed by atoms with Crippen molar-refractivity contribution in [2.75, 3.05) is 11.8 Å². The molecule has 12 heavy (non-hydrogen) atoms. The summed E-state index contributed by atoms with van der Waals surface area (Å²) in [5.74, 6) is 0.650. The third-order valence-corrected chi connectivity index (χ3v) is 2.44. The molecule has 0 aromatic heterocycles. The van der Waals surface area contributed by atoms with Gasteiger partial charge in [0.2, 0.25) is 0 Å². The van der Waals surface area contributed by atoms with Gasteiger partial charge in [-0.3, -0.25) is 0 Å². The molecule has 0 N–H and O–H groups in total. The van der Waals surface area contributed by atoms with Crippen LogP contribution in [0, 0.1) is 5.82 Å². The van der Waals surface area contributed by atoms with Crippen LogP contribution in [0.15, 0.2) is 24.3 Å². The van der Waals surface area contributed by atoms with Gasteiger partial charge in [-0.15, -0.1) is 23.2 Å². The van der Waals surface area contributed by atoms with Gasteiger partial charge in [-0.2, -0.15) is 0 Å². The number of halogens is 3. The van der Waals surface area contributed by atoms with Crippen molar-refractivity contribution in [1.82, 2.24) is 0 Å². The summed E-state index contributed by atoms with van der Waals surface area (Å²) >= 11 is 11.3. The number of benzene rings is 1. The summed E-state index contributed by atoms with van der Waals surface area (Å²) in [7, 11) is 0. The lowest BCUT2D eigenvalue weighted by Gasteiger charge is -2.09. The minimum atomic E-state index is -0.243. The van der Waals surface area contributed by atoms with Crippen LogP contribution in [0.3, 0.4) is 0 Å². The quantitative estimate of drug-likeness (QED) is 0.666. The van der Waals surface area contributed by atoms with E-state index in [2.05, 4.69) is 0 Å². The fourth-order valence-electron chi connectivity index (χ4n) is 0.980. The van der Waals surface area contributed by atoms with E-state index < -0.39 is 0 Å². The van der Waals surface area contributed by atoms with Crippen LogP contribution >= 0.6 is 23.2 Å². The monoisotopic (exact) mass is 206 g/mol. The molecule has 0 unspecified atom stereocenters. The second-order valence-corrected chi connectivity index (χ2v) is 3.18. The van der Waals surface area contributed by atoms with E-state index in [0.717, 1.165) is 5.56 Å². The van der Waals surface area contributed by atoms with E-state index in [-0.39, 0.29) is 11.7 Å². The summed E-state index contributed by atoms with van der Waals surface area (Å²) in [6.45, 7) is 0. The van der Waals surface area contributed by atoms with Crippen molar-refractivity contribution in [2.24, 2.45) is 0 Å². The number of hydrogen-bond acceptors (Lipinski definition) is 0. The molecule has 0 aliphatic rings. The van der Waals surface area contributed by atoms with Crippen molar-refractivity contribution in [3.8, 4) is 0 Å². The fraction of sp³-hybridized carbons (Fsp3) is 0.333. The van der Waals surface area contributed by atoms with E-state index in [1.165, 1.54) is 12.1 Å². The topological polar surface area (TPSA) is 0 Å². The van der Waals surface area contributed by atoms with Gasteiger partial charge in [0.05, 0.1) is 0 Å². The largest absolute Gasteiger partial charge is 0.207 e. The lowest BCUT2D eigenvalue weighted by atomic mass is 10.0. The molecule has 0 saturated heterocycles. The SMILES string of the molecule is Fc1cccc(C(CCl)CCl)c1. The van der Waals surface area contributed by atoms with Gasteiger partial charge in [-0.1, -0.05) is 12.1 Å². The van der Waals surface area contributed by atoms with E-state index in [4.69, 9.17) is 23.2 Å². The van der Waals surface area contributed by atoms with Crippen LogP contribution in [-0.2, 0) is 0 Å². The Hall–Kier alpha value is -0.270. The molecule has 0 fully saturated rings. The maximum atomic E-state index is 12.7. The van der Waals surface area contributed by atoms with Crippen LogP contribution in [-0.4, -0.2) is 11.8 Å². The zero-order chi connectivity index (χ0) is 8.97. The normalized spacial score (nSPS) is 10.7. The molecular weight excluding hydrogens is 198 g/mol. The van der Waals surface area contributed by atoms with E-state index in [9.17, 15) is 4.39 Å². The van der Waals surface area contributed by atoms with E-state index in [1.807, 2.05) is 6.07 Å². The molecule has 0 heterocycles. The van der Waals surface area contributed by atoms with Crippen LogP contribution in [0.5, 0.6) is 0 Å². The van der Waals surface area contributed by atoms with Crippen molar-refractivity contribution in [3.05, 3.63) is 35.6 Å². The molecule has 0 saturated carbocycles. The second kappa shape index (κ2) is 4.68. The first kappa shape index (κ1) is 9.82. The Kier molecular flexibility index (Phi) is 3.83. The predicted molar refractivity (Wildman–Crippen MR) is 50.6 cm³/mol. The minimum Gasteiger partial charge on any atom is -0.207 e. The van der Waals surface area contributed by atoms with Gasteiger partial charge in [0, 0.05) is 17.7 Å². The summed E-state index contributed by atoms with van der Waals surface area (Å²) in [5.41, 5.74) is 0.861. The van der Waals surface area contributed by atoms with Gasteiger partial charge in [0.25, 0.3) is 0 Å². The van der Waals surface area contributed by atoms with E-state index in [1.54, 1.807) is 6.07 Å². The molecule has 1 aromatic rings. The summed E-state index contributed by atoms with van der Waals surface area (Å²) < 4.78 is 12.7. The third-order valence-electron chi connectivity index (χ3n) is 1.69. The van der Waals surface area contributed by atoms with Gasteiger partial charge in [-0.05, 0) is 17.7 Å². The lowest BCUT2D eigenvalue weighted by Crippen LogP contribution is -2.01. The highest BCUT2D eigenvalue weighted by atomic mass is 35.5. The van der Waals surface area contributed by atoms with Crippen LogP contribution in [0.25, 0.3) is 0 Å². The van der Waals surface area contributed by atoms with Crippen molar-refractivity contribution in [3.63, 3.8) is 0 Å². The first-order chi connectivity index (χ1) is 5.77. The molecule has 0 amide bonds. The lowest BCUT2D eigenvalue weighted by molar-refractivity contribution is 0.623. The number of hydrogen-bond donors (Lipinski definition) is 0. The Morgan fingerprint density at radius 2 is 1.92 bits per heavy atom. The molecule has 0 aliphatic carbocycles. The second-order valence-electron chi connectivity index (χ2n) is 2.56. The molecule has 0 nitrogen and oxygen atoms in total. The highest BCUT2D eigenvalue weighted by Crippen LogP contribution is 2.19. The highest BCUT2D eigenvalue weighted by molar-refractivity contribution is 6.21. The summed E-state index contributed by atoms with van der Waals surface area (Å²) in [5, 5.41) is 0. The maximum Gasteiger partial charge on any atom is 0.123 e. The predicted octanol–water partition coefficient (Wildman–Crippen LogP) is 3.39. The Labute approximate surface area is 81.3 Å². The smallest absolute Gasteiger partial charge is 0.123 e. The Bertz CT molecular complexity index is 246. The molecule has 1 rings (SSSR count). The molecule has 1 aromatic carbocycles. The van der Waals surface area contributed by atoms with Crippen LogP contribution < -0.4 is 0 Å². The first-order valence-electron chi connectivity index (χ1n) is 3.65. The van der Waals surface area contributed by atoms with Crippen molar-refractivity contribution in [1.29, 1.82) is 0 Å². The van der Waals surface area contributed by atoms with Crippen molar-refractivity contribution >= 4 is 23.2 Å². The van der Waals surface area contributed by atoms with Crippen molar-refractivity contribution in [2.45, 2.75) is 5.92 Å². The summed E-state index contributed by atoms with van der Waals surface area (Å²) in [6, 6.07) is 6.37. The van der Waals surface area contributed by atoms with Gasteiger partial charge in [-0.25, -0.2) is 4.39 Å². The van der Waals surface area contributed by atoms with E-state index >= 15 is 0 Å². The molecule has 3 heteroatoms. The Balaban J connectivity index is 2.85. The van der Waals surface area contributed by atoms with Crippen molar-refractivity contribution < 1.29 is 4.39 Å². The first-order valence-corrected chi connectivity index (χ1v) is 4.72. The van der Waals surface area contributed by atoms with Gasteiger partial charge < -0.3 is 0 Å². The molecular formula is C9H9Cl2F. The zero-order valence-corrected chi connectivity index (χ0v) is 7.95. The molecule has 0 bridgehead atoms. The van der Waals surface area contributed by atoms with Gasteiger partial charge >= 0.3 is 0 Å². The average Bonchev–Trinajstić information content (AvgIpc) is 2.07. The zero-order valence-electron chi connectivity index (χ0n) is 6.43. The van der Waals surface area contributed by atoms with Crippen LogP contribution in [0.4, 0.5) is 4.39 Å². The highest BCUT2D eigenvalue weighted by Gasteiger charge is 2.08. The molecule has 0 atom stereocenters. The number of alkyl halides is 2. The molecule has 0 radical (unpaired) electrons. The fourth-order valence-corrected chi connectivity index (χ4v) is 1.67.